The van der Waals surface area contributed by atoms with Gasteiger partial charge in [0.15, 0.2) is 0 Å². The molecule has 0 radical (unpaired) electrons. The molecule has 0 aliphatic carbocycles. The number of fused-ring (bicyclic) bond motifs is 1. The summed E-state index contributed by atoms with van der Waals surface area (Å²) in [6, 6.07) is 7.69. The number of rotatable bonds is 4. The zero-order valence-corrected chi connectivity index (χ0v) is 14.1. The Morgan fingerprint density at radius 1 is 1.30 bits per heavy atom. The lowest BCUT2D eigenvalue weighted by Crippen LogP contribution is -2.46. The molecule has 0 aromatic heterocycles. The highest BCUT2D eigenvalue weighted by Crippen LogP contribution is 2.33. The zero-order valence-electron chi connectivity index (χ0n) is 14.1. The van der Waals surface area contributed by atoms with E-state index in [2.05, 4.69) is 10.1 Å². The second-order valence-electron chi connectivity index (χ2n) is 6.54. The summed E-state index contributed by atoms with van der Waals surface area (Å²) in [7, 11) is 1.35. The van der Waals surface area contributed by atoms with E-state index in [1.807, 2.05) is 45.0 Å². The fraction of sp³-hybridized carbons (Fsp3) is 0.529. The molecule has 1 heterocycles. The summed E-state index contributed by atoms with van der Waals surface area (Å²) in [6.45, 7) is 6.14. The van der Waals surface area contributed by atoms with Crippen LogP contribution in [0.3, 0.4) is 0 Å². The third-order valence-corrected chi connectivity index (χ3v) is 3.54. The van der Waals surface area contributed by atoms with E-state index in [0.29, 0.717) is 6.54 Å². The summed E-state index contributed by atoms with van der Waals surface area (Å²) in [5.41, 5.74) is 1.41. The van der Waals surface area contributed by atoms with Crippen LogP contribution in [0, 0.1) is 0 Å². The number of para-hydroxylation sites is 1. The van der Waals surface area contributed by atoms with Crippen LogP contribution in [-0.4, -0.2) is 43.9 Å². The van der Waals surface area contributed by atoms with Gasteiger partial charge in [-0.3, -0.25) is 9.69 Å². The smallest absolute Gasteiger partial charge is 0.415 e. The number of amides is 1. The number of nitrogens with zero attached hydrogens (tertiary/aromatic N) is 1. The number of nitrogens with one attached hydrogen (secondary N) is 1. The second-order valence-corrected chi connectivity index (χ2v) is 6.54. The van der Waals surface area contributed by atoms with Gasteiger partial charge in [-0.25, -0.2) is 4.79 Å². The molecule has 0 unspecified atom stereocenters. The molecule has 1 N–H and O–H groups in total. The van der Waals surface area contributed by atoms with E-state index in [0.717, 1.165) is 17.7 Å². The van der Waals surface area contributed by atoms with Gasteiger partial charge in [-0.2, -0.15) is 0 Å². The molecule has 23 heavy (non-hydrogen) atoms. The monoisotopic (exact) mass is 320 g/mol. The number of carbonyl (C=O) groups is 2. The van der Waals surface area contributed by atoms with Crippen LogP contribution >= 0.6 is 0 Å². The van der Waals surface area contributed by atoms with Gasteiger partial charge in [0.2, 0.25) is 0 Å². The third kappa shape index (κ3) is 4.45. The van der Waals surface area contributed by atoms with Gasteiger partial charge in [0.1, 0.15) is 5.60 Å². The van der Waals surface area contributed by atoms with Crippen molar-refractivity contribution in [2.75, 3.05) is 25.1 Å². The highest BCUT2D eigenvalue weighted by molar-refractivity contribution is 5.91. The van der Waals surface area contributed by atoms with Crippen molar-refractivity contribution in [3.63, 3.8) is 0 Å². The van der Waals surface area contributed by atoms with Gasteiger partial charge in [0, 0.05) is 6.54 Å². The number of hydrogen-bond acceptors (Lipinski definition) is 5. The molecule has 1 aromatic rings. The summed E-state index contributed by atoms with van der Waals surface area (Å²) < 4.78 is 10.1. The lowest BCUT2D eigenvalue weighted by Gasteiger charge is -2.29. The quantitative estimate of drug-likeness (QED) is 0.861. The molecule has 6 heteroatoms. The van der Waals surface area contributed by atoms with Crippen LogP contribution in [0.5, 0.6) is 0 Å². The molecule has 1 aliphatic heterocycles. The summed E-state index contributed by atoms with van der Waals surface area (Å²) in [5, 5.41) is 3.04. The first-order chi connectivity index (χ1) is 10.8. The molecule has 1 aromatic carbocycles. The molecule has 2 rings (SSSR count). The molecule has 0 saturated heterocycles. The molecule has 6 nitrogen and oxygen atoms in total. The number of esters is 1. The van der Waals surface area contributed by atoms with Gasteiger partial charge in [-0.1, -0.05) is 18.2 Å². The average molecular weight is 320 g/mol. The molecule has 1 aliphatic rings. The SMILES string of the molecule is COC(=O)CNC[C@H]1Cc2ccccc2N1C(=O)OC(C)(C)C. The second kappa shape index (κ2) is 7.00. The topological polar surface area (TPSA) is 67.9 Å². The van der Waals surface area contributed by atoms with E-state index in [-0.39, 0.29) is 24.6 Å². The first-order valence-corrected chi connectivity index (χ1v) is 7.69. The summed E-state index contributed by atoms with van der Waals surface area (Å²) in [6.07, 6.45) is 0.358. The summed E-state index contributed by atoms with van der Waals surface area (Å²) in [4.78, 5) is 25.5. The maximum Gasteiger partial charge on any atom is 0.415 e. The predicted molar refractivity (Wildman–Crippen MR) is 87.5 cm³/mol. The van der Waals surface area contributed by atoms with E-state index in [9.17, 15) is 9.59 Å². The van der Waals surface area contributed by atoms with Gasteiger partial charge in [0.05, 0.1) is 25.4 Å². The van der Waals surface area contributed by atoms with Crippen molar-refractivity contribution in [2.24, 2.45) is 0 Å². The van der Waals surface area contributed by atoms with Crippen molar-refractivity contribution in [3.8, 4) is 0 Å². The van der Waals surface area contributed by atoms with Gasteiger partial charge in [-0.15, -0.1) is 0 Å². The fourth-order valence-corrected chi connectivity index (χ4v) is 2.60. The fourth-order valence-electron chi connectivity index (χ4n) is 2.60. The number of carbonyl (C=O) groups excluding carboxylic acids is 2. The zero-order chi connectivity index (χ0) is 17.0. The first kappa shape index (κ1) is 17.3. The largest absolute Gasteiger partial charge is 0.468 e. The van der Waals surface area contributed by atoms with Crippen molar-refractivity contribution < 1.29 is 19.1 Å². The van der Waals surface area contributed by atoms with Crippen molar-refractivity contribution in [1.29, 1.82) is 0 Å². The van der Waals surface area contributed by atoms with Crippen LogP contribution in [0.25, 0.3) is 0 Å². The van der Waals surface area contributed by atoms with Crippen LogP contribution in [0.1, 0.15) is 26.3 Å². The number of ether oxygens (including phenoxy) is 2. The molecule has 0 spiro atoms. The molecule has 1 atom stereocenters. The molecule has 1 amide bonds. The maximum atomic E-state index is 12.6. The van der Waals surface area contributed by atoms with E-state index < -0.39 is 5.60 Å². The number of benzene rings is 1. The van der Waals surface area contributed by atoms with Crippen molar-refractivity contribution in [2.45, 2.75) is 38.8 Å². The standard InChI is InChI=1S/C17H24N2O4/c1-17(2,3)23-16(21)19-13(10-18-11-15(20)22-4)9-12-7-5-6-8-14(12)19/h5-8,13,18H,9-11H2,1-4H3/t13-/m1/s1. The van der Waals surface area contributed by atoms with Crippen LogP contribution in [-0.2, 0) is 20.7 Å². The predicted octanol–water partition coefficient (Wildman–Crippen LogP) is 2.12. The Hall–Kier alpha value is -2.08. The Morgan fingerprint density at radius 3 is 2.65 bits per heavy atom. The van der Waals surface area contributed by atoms with E-state index in [1.54, 1.807) is 4.90 Å². The van der Waals surface area contributed by atoms with Crippen molar-refractivity contribution in [3.05, 3.63) is 29.8 Å². The molecule has 0 bridgehead atoms. The van der Waals surface area contributed by atoms with Gasteiger partial charge in [0.25, 0.3) is 0 Å². The normalized spacial score (nSPS) is 16.9. The number of methoxy groups -OCH3 is 1. The minimum atomic E-state index is -0.557. The minimum absolute atomic E-state index is 0.0908. The van der Waals surface area contributed by atoms with Gasteiger partial charge >= 0.3 is 12.1 Å². The molecule has 0 fully saturated rings. The average Bonchev–Trinajstić information content (AvgIpc) is 2.83. The number of anilines is 1. The van der Waals surface area contributed by atoms with Crippen molar-refractivity contribution >= 4 is 17.7 Å². The van der Waals surface area contributed by atoms with E-state index in [4.69, 9.17) is 4.74 Å². The van der Waals surface area contributed by atoms with Gasteiger partial charge < -0.3 is 14.8 Å². The Labute approximate surface area is 136 Å². The highest BCUT2D eigenvalue weighted by Gasteiger charge is 2.36. The number of hydrogen-bond donors (Lipinski definition) is 1. The van der Waals surface area contributed by atoms with Crippen LogP contribution < -0.4 is 10.2 Å². The Kier molecular flexibility index (Phi) is 5.26. The van der Waals surface area contributed by atoms with Crippen LogP contribution in [0.4, 0.5) is 10.5 Å². The molecular formula is C17H24N2O4. The van der Waals surface area contributed by atoms with Crippen LogP contribution in [0.15, 0.2) is 24.3 Å². The van der Waals surface area contributed by atoms with Gasteiger partial charge in [-0.05, 0) is 38.8 Å². The van der Waals surface area contributed by atoms with Crippen molar-refractivity contribution in [1.82, 2.24) is 5.32 Å². The highest BCUT2D eigenvalue weighted by atomic mass is 16.6. The Bertz CT molecular complexity index is 580. The Morgan fingerprint density at radius 2 is 2.00 bits per heavy atom. The first-order valence-electron chi connectivity index (χ1n) is 7.69. The Balaban J connectivity index is 2.11. The van der Waals surface area contributed by atoms with E-state index in [1.165, 1.54) is 7.11 Å². The molecular weight excluding hydrogens is 296 g/mol. The minimum Gasteiger partial charge on any atom is -0.468 e. The van der Waals surface area contributed by atoms with E-state index >= 15 is 0 Å². The third-order valence-electron chi connectivity index (χ3n) is 3.54. The molecule has 126 valence electrons. The lowest BCUT2D eigenvalue weighted by molar-refractivity contribution is -0.139. The summed E-state index contributed by atoms with van der Waals surface area (Å²) >= 11 is 0. The molecule has 0 saturated carbocycles. The summed E-state index contributed by atoms with van der Waals surface area (Å²) in [5.74, 6) is -0.329. The van der Waals surface area contributed by atoms with Crippen LogP contribution in [0.2, 0.25) is 0 Å². The maximum absolute atomic E-state index is 12.6. The lowest BCUT2D eigenvalue weighted by atomic mass is 10.1.